The summed E-state index contributed by atoms with van der Waals surface area (Å²) in [6, 6.07) is 16.9. The molecule has 4 nitrogen and oxygen atoms in total. The smallest absolute Gasteiger partial charge is 0.367 e. The van der Waals surface area contributed by atoms with Crippen molar-refractivity contribution >= 4 is 23.0 Å². The van der Waals surface area contributed by atoms with E-state index < -0.39 is 11.7 Å². The Kier molecular flexibility index (Phi) is 7.18. The Balaban J connectivity index is 1.07. The predicted molar refractivity (Wildman–Crippen MR) is 149 cm³/mol. The van der Waals surface area contributed by atoms with Gasteiger partial charge in [0.25, 0.3) is 5.91 Å². The molecule has 0 spiro atoms. The van der Waals surface area contributed by atoms with Gasteiger partial charge in [-0.25, -0.2) is 4.39 Å². The van der Waals surface area contributed by atoms with Crippen molar-refractivity contribution in [1.29, 1.82) is 0 Å². The second-order valence-electron chi connectivity index (χ2n) is 11.2. The lowest BCUT2D eigenvalue weighted by Gasteiger charge is -2.32. The van der Waals surface area contributed by atoms with Gasteiger partial charge in [0, 0.05) is 49.4 Å². The van der Waals surface area contributed by atoms with Crippen molar-refractivity contribution in [2.24, 2.45) is 5.92 Å². The molecule has 0 bridgehead atoms. The van der Waals surface area contributed by atoms with E-state index >= 15 is 0 Å². The lowest BCUT2D eigenvalue weighted by molar-refractivity contribution is -0.137. The van der Waals surface area contributed by atoms with E-state index in [-0.39, 0.29) is 29.0 Å². The van der Waals surface area contributed by atoms with Gasteiger partial charge in [-0.15, -0.1) is 0 Å². The molecule has 0 atom stereocenters. The quantitative estimate of drug-likeness (QED) is 0.244. The summed E-state index contributed by atoms with van der Waals surface area (Å²) in [5.41, 5.74) is 6.19. The lowest BCUT2D eigenvalue weighted by atomic mass is 9.88. The van der Waals surface area contributed by atoms with Gasteiger partial charge in [0.1, 0.15) is 5.82 Å². The van der Waals surface area contributed by atoms with Gasteiger partial charge in [0.15, 0.2) is 5.78 Å². The summed E-state index contributed by atoms with van der Waals surface area (Å²) in [5, 5.41) is 0. The number of fused-ring (bicyclic) bond motifs is 2. The Morgan fingerprint density at radius 3 is 2.22 bits per heavy atom. The first-order chi connectivity index (χ1) is 19.7. The summed E-state index contributed by atoms with van der Waals surface area (Å²) in [6.45, 7) is 2.55. The number of hydrogen-bond donors (Lipinski definition) is 0. The van der Waals surface area contributed by atoms with Gasteiger partial charge in [0.2, 0.25) is 0 Å². The Morgan fingerprint density at radius 2 is 1.54 bits per heavy atom. The van der Waals surface area contributed by atoms with Gasteiger partial charge >= 0.3 is 6.18 Å². The molecular weight excluding hydrogens is 532 g/mol. The number of anilines is 1. The fraction of sp³-hybridized carbons (Fsp3) is 0.333. The van der Waals surface area contributed by atoms with Gasteiger partial charge in [-0.1, -0.05) is 17.7 Å². The molecule has 0 radical (unpaired) electrons. The fourth-order valence-electron chi connectivity index (χ4n) is 6.26. The minimum atomic E-state index is -4.44. The van der Waals surface area contributed by atoms with Crippen LogP contribution in [0.3, 0.4) is 0 Å². The highest BCUT2D eigenvalue weighted by atomic mass is 19.4. The molecule has 1 aliphatic carbocycles. The number of piperidine rings is 1. The van der Waals surface area contributed by atoms with Crippen molar-refractivity contribution in [2.45, 2.75) is 38.3 Å². The third-order valence-electron chi connectivity index (χ3n) is 8.65. The highest BCUT2D eigenvalue weighted by Crippen LogP contribution is 2.40. The van der Waals surface area contributed by atoms with Gasteiger partial charge in [0.05, 0.1) is 5.56 Å². The van der Waals surface area contributed by atoms with E-state index in [2.05, 4.69) is 11.0 Å². The van der Waals surface area contributed by atoms with E-state index in [1.165, 1.54) is 41.0 Å². The highest BCUT2D eigenvalue weighted by molar-refractivity contribution is 5.98. The zero-order valence-electron chi connectivity index (χ0n) is 22.5. The van der Waals surface area contributed by atoms with Crippen molar-refractivity contribution in [1.82, 2.24) is 4.90 Å². The van der Waals surface area contributed by atoms with Crippen LogP contribution in [-0.2, 0) is 12.6 Å². The van der Waals surface area contributed by atoms with E-state index in [9.17, 15) is 27.2 Å². The summed E-state index contributed by atoms with van der Waals surface area (Å²) in [7, 11) is 0. The van der Waals surface area contributed by atoms with Crippen LogP contribution in [0.25, 0.3) is 5.57 Å². The second kappa shape index (κ2) is 10.8. The number of carbonyl (C=O) groups is 2. The predicted octanol–water partition coefficient (Wildman–Crippen LogP) is 7.19. The summed E-state index contributed by atoms with van der Waals surface area (Å²) < 4.78 is 51.9. The molecule has 41 heavy (non-hydrogen) atoms. The van der Waals surface area contributed by atoms with Crippen LogP contribution in [0.1, 0.15) is 63.1 Å². The van der Waals surface area contributed by atoms with Crippen molar-refractivity contribution in [3.63, 3.8) is 0 Å². The molecule has 2 aliphatic heterocycles. The molecule has 1 saturated heterocycles. The third kappa shape index (κ3) is 5.65. The van der Waals surface area contributed by atoms with Crippen LogP contribution < -0.4 is 4.90 Å². The summed E-state index contributed by atoms with van der Waals surface area (Å²) in [6.07, 6.45) is -0.855. The average Bonchev–Trinajstić information content (AvgIpc) is 3.34. The van der Waals surface area contributed by atoms with Gasteiger partial charge in [-0.3, -0.25) is 9.59 Å². The minimum Gasteiger partial charge on any atom is -0.367 e. The molecule has 8 heteroatoms. The first-order valence-electron chi connectivity index (χ1n) is 14.0. The Hall–Kier alpha value is -3.94. The minimum absolute atomic E-state index is 0.0839. The van der Waals surface area contributed by atoms with Gasteiger partial charge in [-0.2, -0.15) is 13.2 Å². The molecule has 3 aliphatic rings. The molecule has 0 unspecified atom stereocenters. The maximum absolute atomic E-state index is 13.4. The largest absolute Gasteiger partial charge is 0.416 e. The number of nitrogens with zero attached hydrogens (tertiary/aromatic N) is 2. The maximum Gasteiger partial charge on any atom is 0.416 e. The SMILES string of the molecule is O=C(CC1CCN(C(=O)c2ccc(C(F)(F)F)cc2)CC1)c1ccc2c(c1)C1=C(CCN(c3ccc(F)cc3)C1)C2. The second-order valence-corrected chi connectivity index (χ2v) is 11.2. The molecule has 1 fully saturated rings. The molecule has 212 valence electrons. The number of carbonyl (C=O) groups excluding carboxylic acids is 2. The molecule has 3 aromatic carbocycles. The maximum atomic E-state index is 13.4. The van der Waals surface area contributed by atoms with E-state index in [1.807, 2.05) is 12.1 Å². The standard InChI is InChI=1S/C33H30F4N2O2/c34-27-7-9-28(10-8-27)39-16-13-24-18-23-1-2-25(19-29(23)30(24)20-39)31(40)17-21-11-14-38(15-12-21)32(41)22-3-5-26(6-4-22)33(35,36)37/h1-10,19,21H,11-18,20H2. The molecule has 0 saturated carbocycles. The summed E-state index contributed by atoms with van der Waals surface area (Å²) >= 11 is 0. The van der Waals surface area contributed by atoms with Crippen LogP contribution in [0.2, 0.25) is 0 Å². The van der Waals surface area contributed by atoms with Crippen molar-refractivity contribution in [2.75, 3.05) is 31.1 Å². The monoisotopic (exact) mass is 562 g/mol. The molecule has 3 aromatic rings. The number of amides is 1. The number of hydrogen-bond acceptors (Lipinski definition) is 3. The average molecular weight is 563 g/mol. The summed E-state index contributed by atoms with van der Waals surface area (Å²) in [4.78, 5) is 30.0. The Morgan fingerprint density at radius 1 is 0.854 bits per heavy atom. The number of halogens is 4. The molecule has 0 N–H and O–H groups in total. The number of rotatable bonds is 5. The van der Waals surface area contributed by atoms with Crippen LogP contribution in [0, 0.1) is 11.7 Å². The normalized spacial score (nSPS) is 17.5. The van der Waals surface area contributed by atoms with E-state index in [4.69, 9.17) is 0 Å². The first kappa shape index (κ1) is 27.2. The van der Waals surface area contributed by atoms with E-state index in [0.717, 1.165) is 49.3 Å². The summed E-state index contributed by atoms with van der Waals surface area (Å²) in [5.74, 6) is -0.309. The number of likely N-dealkylation sites (tertiary alicyclic amines) is 1. The number of alkyl halides is 3. The number of ketones is 1. The Bertz CT molecular complexity index is 1500. The van der Waals surface area contributed by atoms with Gasteiger partial charge in [-0.05, 0) is 103 Å². The lowest BCUT2D eigenvalue weighted by Crippen LogP contribution is -2.38. The number of benzene rings is 3. The van der Waals surface area contributed by atoms with Crippen LogP contribution in [0.15, 0.2) is 72.3 Å². The molecule has 2 heterocycles. The number of Topliss-reactive ketones (excluding diaryl/α,β-unsaturated/α-hetero) is 1. The molecule has 1 amide bonds. The zero-order chi connectivity index (χ0) is 28.7. The van der Waals surface area contributed by atoms with Crippen molar-refractivity contribution in [3.05, 3.63) is 106 Å². The van der Waals surface area contributed by atoms with Crippen LogP contribution in [-0.4, -0.2) is 42.8 Å². The molecule has 6 rings (SSSR count). The van der Waals surface area contributed by atoms with Gasteiger partial charge < -0.3 is 9.80 Å². The first-order valence-corrected chi connectivity index (χ1v) is 14.0. The highest BCUT2D eigenvalue weighted by Gasteiger charge is 2.32. The topological polar surface area (TPSA) is 40.6 Å². The van der Waals surface area contributed by atoms with Crippen molar-refractivity contribution in [3.8, 4) is 0 Å². The van der Waals surface area contributed by atoms with Crippen LogP contribution >= 0.6 is 0 Å². The Labute approximate surface area is 236 Å². The van der Waals surface area contributed by atoms with Crippen LogP contribution in [0.5, 0.6) is 0 Å². The zero-order valence-corrected chi connectivity index (χ0v) is 22.5. The van der Waals surface area contributed by atoms with E-state index in [0.29, 0.717) is 37.9 Å². The van der Waals surface area contributed by atoms with E-state index in [1.54, 1.807) is 17.0 Å². The van der Waals surface area contributed by atoms with Crippen LogP contribution in [0.4, 0.5) is 23.2 Å². The molecular formula is C33H30F4N2O2. The fourth-order valence-corrected chi connectivity index (χ4v) is 6.26. The van der Waals surface area contributed by atoms with Crippen molar-refractivity contribution < 1.29 is 27.2 Å². The molecule has 0 aromatic heterocycles. The third-order valence-corrected chi connectivity index (χ3v) is 8.65.